The van der Waals surface area contributed by atoms with Gasteiger partial charge in [0.2, 0.25) is 0 Å². The molecule has 0 aliphatic carbocycles. The van der Waals surface area contributed by atoms with Crippen LogP contribution in [0.4, 0.5) is 0 Å². The van der Waals surface area contributed by atoms with Gasteiger partial charge in [0.1, 0.15) is 0 Å². The molecule has 0 heterocycles. The maximum Gasteiger partial charge on any atom is 0.253 e. The summed E-state index contributed by atoms with van der Waals surface area (Å²) in [5.74, 6) is -0.170. The first-order valence-corrected chi connectivity index (χ1v) is 7.69. The third-order valence-electron chi connectivity index (χ3n) is 3.72. The summed E-state index contributed by atoms with van der Waals surface area (Å²) in [6, 6.07) is 14.6. The lowest BCUT2D eigenvalue weighted by Gasteiger charge is -2.17. The minimum absolute atomic E-state index is 0.0469. The number of hydrogen-bond donors (Lipinski definition) is 1. The first kappa shape index (κ1) is 17.7. The maximum absolute atomic E-state index is 12.5. The molecule has 2 amide bonds. The van der Waals surface area contributed by atoms with Crippen molar-refractivity contribution in [2.45, 2.75) is 13.2 Å². The standard InChI is InChI=1S/C19H22N2O3/c1-20-18(22)16-8-4-14(5-9-16)12-21(2)19(23)17-10-6-15(7-11-17)13-24-3/h4-11H,12-13H2,1-3H3,(H,20,22). The summed E-state index contributed by atoms with van der Waals surface area (Å²) < 4.78 is 5.07. The van der Waals surface area contributed by atoms with Crippen molar-refractivity contribution in [3.63, 3.8) is 0 Å². The summed E-state index contributed by atoms with van der Waals surface area (Å²) >= 11 is 0. The smallest absolute Gasteiger partial charge is 0.253 e. The van der Waals surface area contributed by atoms with E-state index in [2.05, 4.69) is 5.32 Å². The van der Waals surface area contributed by atoms with Gasteiger partial charge in [0.05, 0.1) is 6.61 Å². The van der Waals surface area contributed by atoms with E-state index in [0.717, 1.165) is 11.1 Å². The van der Waals surface area contributed by atoms with Gasteiger partial charge in [-0.2, -0.15) is 0 Å². The van der Waals surface area contributed by atoms with Gasteiger partial charge in [0.25, 0.3) is 11.8 Å². The third-order valence-corrected chi connectivity index (χ3v) is 3.72. The summed E-state index contributed by atoms with van der Waals surface area (Å²) in [5.41, 5.74) is 3.24. The fraction of sp³-hybridized carbons (Fsp3) is 0.263. The maximum atomic E-state index is 12.5. The third kappa shape index (κ3) is 4.43. The lowest BCUT2D eigenvalue weighted by Crippen LogP contribution is -2.26. The highest BCUT2D eigenvalue weighted by molar-refractivity contribution is 5.94. The first-order valence-electron chi connectivity index (χ1n) is 7.69. The van der Waals surface area contributed by atoms with Gasteiger partial charge in [-0.15, -0.1) is 0 Å². The average Bonchev–Trinajstić information content (AvgIpc) is 2.62. The van der Waals surface area contributed by atoms with Crippen LogP contribution in [-0.4, -0.2) is 37.9 Å². The van der Waals surface area contributed by atoms with Crippen molar-refractivity contribution in [3.05, 3.63) is 70.8 Å². The number of ether oxygens (including phenoxy) is 1. The Hall–Kier alpha value is -2.66. The molecule has 0 aromatic heterocycles. The molecule has 0 aliphatic rings. The number of rotatable bonds is 6. The molecule has 0 fully saturated rings. The monoisotopic (exact) mass is 326 g/mol. The van der Waals surface area contributed by atoms with E-state index in [0.29, 0.717) is 24.3 Å². The van der Waals surface area contributed by atoms with Crippen LogP contribution in [0.1, 0.15) is 31.8 Å². The zero-order valence-corrected chi connectivity index (χ0v) is 14.2. The Morgan fingerprint density at radius 2 is 1.50 bits per heavy atom. The van der Waals surface area contributed by atoms with Crippen LogP contribution in [0, 0.1) is 0 Å². The highest BCUT2D eigenvalue weighted by Crippen LogP contribution is 2.11. The van der Waals surface area contributed by atoms with E-state index in [1.165, 1.54) is 0 Å². The summed E-state index contributed by atoms with van der Waals surface area (Å²) in [6.45, 7) is 1.01. The molecule has 126 valence electrons. The zero-order chi connectivity index (χ0) is 17.5. The minimum Gasteiger partial charge on any atom is -0.380 e. The largest absolute Gasteiger partial charge is 0.380 e. The molecule has 2 aromatic carbocycles. The molecular weight excluding hydrogens is 304 g/mol. The number of nitrogens with one attached hydrogen (secondary N) is 1. The SMILES string of the molecule is CNC(=O)c1ccc(CN(C)C(=O)c2ccc(COC)cc2)cc1. The normalized spacial score (nSPS) is 10.3. The van der Waals surface area contributed by atoms with Crippen LogP contribution < -0.4 is 5.32 Å². The summed E-state index contributed by atoms with van der Waals surface area (Å²) in [5, 5.41) is 2.58. The van der Waals surface area contributed by atoms with Gasteiger partial charge in [-0.05, 0) is 35.4 Å². The molecule has 0 spiro atoms. The average molecular weight is 326 g/mol. The van der Waals surface area contributed by atoms with Crippen molar-refractivity contribution >= 4 is 11.8 Å². The van der Waals surface area contributed by atoms with Crippen LogP contribution in [-0.2, 0) is 17.9 Å². The Bertz CT molecular complexity index is 694. The molecule has 24 heavy (non-hydrogen) atoms. The molecule has 1 N–H and O–H groups in total. The van der Waals surface area contributed by atoms with Gasteiger partial charge >= 0.3 is 0 Å². The van der Waals surface area contributed by atoms with Crippen molar-refractivity contribution < 1.29 is 14.3 Å². The second kappa shape index (κ2) is 8.26. The predicted molar refractivity (Wildman–Crippen MR) is 92.8 cm³/mol. The zero-order valence-electron chi connectivity index (χ0n) is 14.2. The van der Waals surface area contributed by atoms with Crippen molar-refractivity contribution in [2.24, 2.45) is 0 Å². The van der Waals surface area contributed by atoms with Crippen LogP contribution in [0.2, 0.25) is 0 Å². The molecular formula is C19H22N2O3. The fourth-order valence-electron chi connectivity index (χ4n) is 2.38. The number of nitrogens with zero attached hydrogens (tertiary/aromatic N) is 1. The van der Waals surface area contributed by atoms with Crippen molar-refractivity contribution in [1.82, 2.24) is 10.2 Å². The molecule has 2 rings (SSSR count). The minimum atomic E-state index is -0.123. The number of methoxy groups -OCH3 is 1. The number of carbonyl (C=O) groups excluding carboxylic acids is 2. The molecule has 0 atom stereocenters. The molecule has 0 bridgehead atoms. The first-order chi connectivity index (χ1) is 11.5. The Morgan fingerprint density at radius 1 is 0.958 bits per heavy atom. The number of amides is 2. The lowest BCUT2D eigenvalue weighted by molar-refractivity contribution is 0.0784. The van der Waals surface area contributed by atoms with E-state index >= 15 is 0 Å². The van der Waals surface area contributed by atoms with Gasteiger partial charge in [-0.3, -0.25) is 9.59 Å². The lowest BCUT2D eigenvalue weighted by atomic mass is 10.1. The summed E-state index contributed by atoms with van der Waals surface area (Å²) in [7, 11) is 5.00. The van der Waals surface area contributed by atoms with E-state index in [4.69, 9.17) is 4.74 Å². The van der Waals surface area contributed by atoms with Crippen molar-refractivity contribution in [3.8, 4) is 0 Å². The molecule has 0 saturated carbocycles. The molecule has 5 nitrogen and oxygen atoms in total. The van der Waals surface area contributed by atoms with E-state index in [1.54, 1.807) is 38.2 Å². The molecule has 0 radical (unpaired) electrons. The van der Waals surface area contributed by atoms with Gasteiger partial charge in [0.15, 0.2) is 0 Å². The van der Waals surface area contributed by atoms with Gasteiger partial charge in [0, 0.05) is 38.9 Å². The molecule has 0 saturated heterocycles. The number of carbonyl (C=O) groups is 2. The quantitative estimate of drug-likeness (QED) is 0.887. The second-order valence-electron chi connectivity index (χ2n) is 5.57. The Morgan fingerprint density at radius 3 is 2.04 bits per heavy atom. The number of hydrogen-bond acceptors (Lipinski definition) is 3. The summed E-state index contributed by atoms with van der Waals surface area (Å²) in [6.07, 6.45) is 0. The summed E-state index contributed by atoms with van der Waals surface area (Å²) in [4.78, 5) is 25.7. The van der Waals surface area contributed by atoms with Gasteiger partial charge < -0.3 is 15.0 Å². The van der Waals surface area contributed by atoms with E-state index in [9.17, 15) is 9.59 Å². The van der Waals surface area contributed by atoms with Crippen LogP contribution in [0.3, 0.4) is 0 Å². The van der Waals surface area contributed by atoms with Crippen LogP contribution in [0.5, 0.6) is 0 Å². The Labute approximate surface area is 142 Å². The topological polar surface area (TPSA) is 58.6 Å². The van der Waals surface area contributed by atoms with Gasteiger partial charge in [-0.25, -0.2) is 0 Å². The molecule has 0 aliphatic heterocycles. The van der Waals surface area contributed by atoms with E-state index in [1.807, 2.05) is 36.4 Å². The fourth-order valence-corrected chi connectivity index (χ4v) is 2.38. The van der Waals surface area contributed by atoms with Gasteiger partial charge in [-0.1, -0.05) is 24.3 Å². The Balaban J connectivity index is 2.01. The molecule has 0 unspecified atom stereocenters. The van der Waals surface area contributed by atoms with E-state index in [-0.39, 0.29) is 11.8 Å². The van der Waals surface area contributed by atoms with Crippen molar-refractivity contribution in [1.29, 1.82) is 0 Å². The predicted octanol–water partition coefficient (Wildman–Crippen LogP) is 2.46. The number of benzene rings is 2. The second-order valence-corrected chi connectivity index (χ2v) is 5.57. The van der Waals surface area contributed by atoms with Crippen LogP contribution in [0.15, 0.2) is 48.5 Å². The Kier molecular flexibility index (Phi) is 6.09. The molecule has 5 heteroatoms. The van der Waals surface area contributed by atoms with Crippen LogP contribution >= 0.6 is 0 Å². The highest BCUT2D eigenvalue weighted by Gasteiger charge is 2.12. The highest BCUT2D eigenvalue weighted by atomic mass is 16.5. The van der Waals surface area contributed by atoms with Crippen molar-refractivity contribution in [2.75, 3.05) is 21.2 Å². The van der Waals surface area contributed by atoms with E-state index < -0.39 is 0 Å². The molecule has 2 aromatic rings. The van der Waals surface area contributed by atoms with Crippen LogP contribution in [0.25, 0.3) is 0 Å².